The van der Waals surface area contributed by atoms with E-state index in [1.54, 1.807) is 12.1 Å². The molecule has 0 bridgehead atoms. The van der Waals surface area contributed by atoms with Gasteiger partial charge in [-0.2, -0.15) is 0 Å². The highest BCUT2D eigenvalue weighted by Crippen LogP contribution is 2.37. The van der Waals surface area contributed by atoms with Crippen LogP contribution in [0.2, 0.25) is 0 Å². The first-order valence-corrected chi connectivity index (χ1v) is 13.3. The molecule has 1 N–H and O–H groups in total. The summed E-state index contributed by atoms with van der Waals surface area (Å²) >= 11 is 5.42. The van der Waals surface area contributed by atoms with Gasteiger partial charge in [0.15, 0.2) is 5.11 Å². The van der Waals surface area contributed by atoms with E-state index in [1.807, 2.05) is 110 Å². The van der Waals surface area contributed by atoms with E-state index in [2.05, 4.69) is 22.0 Å². The first kappa shape index (κ1) is 25.2. The smallest absolute Gasteiger partial charge is 0.270 e. The minimum absolute atomic E-state index is 0.0112. The van der Waals surface area contributed by atoms with Gasteiger partial charge in [0.05, 0.1) is 17.1 Å². The van der Waals surface area contributed by atoms with Gasteiger partial charge in [0.2, 0.25) is 0 Å². The molecular formula is C34H25N3O2S. The predicted molar refractivity (Wildman–Crippen MR) is 164 cm³/mol. The number of hydrogen-bond donors (Lipinski definition) is 1. The lowest BCUT2D eigenvalue weighted by molar-refractivity contribution is -0.122. The Labute approximate surface area is 238 Å². The summed E-state index contributed by atoms with van der Waals surface area (Å²) in [7, 11) is 0. The van der Waals surface area contributed by atoms with Gasteiger partial charge >= 0.3 is 0 Å². The molecule has 194 valence electrons. The number of carbonyl (C=O) groups is 2. The van der Waals surface area contributed by atoms with Gasteiger partial charge in [-0.15, -0.1) is 0 Å². The van der Waals surface area contributed by atoms with Crippen LogP contribution in [0.5, 0.6) is 0 Å². The molecule has 1 aromatic heterocycles. The van der Waals surface area contributed by atoms with E-state index < -0.39 is 11.8 Å². The topological polar surface area (TPSA) is 54.3 Å². The van der Waals surface area contributed by atoms with E-state index in [4.69, 9.17) is 12.2 Å². The van der Waals surface area contributed by atoms with E-state index in [0.717, 1.165) is 39.3 Å². The average molecular weight is 540 g/mol. The molecule has 1 aliphatic heterocycles. The van der Waals surface area contributed by atoms with Gasteiger partial charge in [0.1, 0.15) is 5.57 Å². The van der Waals surface area contributed by atoms with Crippen molar-refractivity contribution in [3.63, 3.8) is 0 Å². The van der Waals surface area contributed by atoms with Crippen molar-refractivity contribution in [2.24, 2.45) is 0 Å². The first-order valence-electron chi connectivity index (χ1n) is 12.9. The summed E-state index contributed by atoms with van der Waals surface area (Å²) in [5.74, 6) is -0.987. The van der Waals surface area contributed by atoms with Crippen molar-refractivity contribution in [3.05, 3.63) is 138 Å². The van der Waals surface area contributed by atoms with E-state index in [0.29, 0.717) is 5.69 Å². The summed E-state index contributed by atoms with van der Waals surface area (Å²) in [6, 6.07) is 39.6. The highest BCUT2D eigenvalue weighted by molar-refractivity contribution is 7.80. The molecule has 5 aromatic rings. The van der Waals surface area contributed by atoms with Crippen molar-refractivity contribution in [1.29, 1.82) is 0 Å². The van der Waals surface area contributed by atoms with Gasteiger partial charge in [0, 0.05) is 11.3 Å². The molecule has 1 fully saturated rings. The first-order chi connectivity index (χ1) is 19.5. The van der Waals surface area contributed by atoms with Gasteiger partial charge in [0.25, 0.3) is 11.8 Å². The molecule has 0 aliphatic carbocycles. The van der Waals surface area contributed by atoms with E-state index in [9.17, 15) is 9.59 Å². The monoisotopic (exact) mass is 539 g/mol. The Morgan fingerprint density at radius 2 is 1.30 bits per heavy atom. The minimum Gasteiger partial charge on any atom is -0.309 e. The number of nitrogens with one attached hydrogen (secondary N) is 1. The number of thiocarbonyl (C=S) groups is 1. The molecule has 2 heterocycles. The quantitative estimate of drug-likeness (QED) is 0.149. The Morgan fingerprint density at radius 1 is 0.700 bits per heavy atom. The van der Waals surface area contributed by atoms with Crippen molar-refractivity contribution < 1.29 is 9.59 Å². The Morgan fingerprint density at radius 3 is 1.95 bits per heavy atom. The summed E-state index contributed by atoms with van der Waals surface area (Å²) < 4.78 is 2.17. The maximum Gasteiger partial charge on any atom is 0.270 e. The Kier molecular flexibility index (Phi) is 6.68. The molecule has 5 nitrogen and oxygen atoms in total. The fourth-order valence-corrected chi connectivity index (χ4v) is 5.29. The number of aryl methyl sites for hydroxylation is 1. The molecule has 0 unspecified atom stereocenters. The van der Waals surface area contributed by atoms with Crippen LogP contribution in [0.25, 0.3) is 34.3 Å². The van der Waals surface area contributed by atoms with Crippen molar-refractivity contribution in [2.45, 2.75) is 6.92 Å². The standard InChI is InChI=1S/C34H25N3O2S/c1-23-12-11-19-28(20-23)37-33(39)29(32(38)35-34(37)40)21-26-22-30(24-13-5-2-6-14-24)36(27-17-9-4-10-18-27)31(26)25-15-7-3-8-16-25/h2-22H,1H3,(H,35,38,40)/b29-21+. The molecule has 1 saturated heterocycles. The highest BCUT2D eigenvalue weighted by Gasteiger charge is 2.35. The number of amides is 2. The molecular weight excluding hydrogens is 514 g/mol. The van der Waals surface area contributed by atoms with Crippen molar-refractivity contribution in [3.8, 4) is 28.2 Å². The van der Waals surface area contributed by atoms with E-state index >= 15 is 0 Å². The number of benzene rings is 4. The normalized spacial score (nSPS) is 14.5. The Bertz CT molecular complexity index is 1770. The van der Waals surface area contributed by atoms with Gasteiger partial charge < -0.3 is 4.57 Å². The van der Waals surface area contributed by atoms with Crippen molar-refractivity contribution in [2.75, 3.05) is 4.90 Å². The SMILES string of the molecule is Cc1cccc(N2C(=O)/C(=C/c3cc(-c4ccccc4)n(-c4ccccc4)c3-c3ccccc3)C(=O)NC2=S)c1. The van der Waals surface area contributed by atoms with Crippen molar-refractivity contribution >= 4 is 40.9 Å². The number of nitrogens with zero attached hydrogens (tertiary/aromatic N) is 2. The minimum atomic E-state index is -0.522. The van der Waals surface area contributed by atoms with Crippen LogP contribution in [-0.2, 0) is 9.59 Å². The van der Waals surface area contributed by atoms with Crippen LogP contribution in [0.1, 0.15) is 11.1 Å². The second-order valence-corrected chi connectivity index (χ2v) is 9.92. The molecule has 2 amide bonds. The zero-order valence-electron chi connectivity index (χ0n) is 21.7. The van der Waals surface area contributed by atoms with Gasteiger partial charge in [-0.05, 0) is 72.2 Å². The molecule has 4 aromatic carbocycles. The lowest BCUT2D eigenvalue weighted by Gasteiger charge is -2.29. The second-order valence-electron chi connectivity index (χ2n) is 9.53. The van der Waals surface area contributed by atoms with Crippen LogP contribution >= 0.6 is 12.2 Å². The maximum absolute atomic E-state index is 13.8. The molecule has 0 atom stereocenters. The number of rotatable bonds is 5. The van der Waals surface area contributed by atoms with Crippen LogP contribution in [0.15, 0.2) is 127 Å². The summed E-state index contributed by atoms with van der Waals surface area (Å²) in [5.41, 5.74) is 7.07. The largest absolute Gasteiger partial charge is 0.309 e. The van der Waals surface area contributed by atoms with E-state index in [-0.39, 0.29) is 10.7 Å². The second kappa shape index (κ2) is 10.6. The summed E-state index contributed by atoms with van der Waals surface area (Å²) in [6.07, 6.45) is 1.68. The Hall–Kier alpha value is -5.07. The average Bonchev–Trinajstić information content (AvgIpc) is 3.36. The van der Waals surface area contributed by atoms with Crippen LogP contribution < -0.4 is 10.2 Å². The zero-order valence-corrected chi connectivity index (χ0v) is 22.6. The third kappa shape index (κ3) is 4.65. The van der Waals surface area contributed by atoms with Crippen LogP contribution in [-0.4, -0.2) is 21.5 Å². The lowest BCUT2D eigenvalue weighted by atomic mass is 10.0. The number of anilines is 1. The van der Waals surface area contributed by atoms with E-state index in [1.165, 1.54) is 4.90 Å². The summed E-state index contributed by atoms with van der Waals surface area (Å²) in [6.45, 7) is 1.94. The maximum atomic E-state index is 13.8. The molecule has 6 heteroatoms. The molecule has 6 rings (SSSR count). The fraction of sp³-hybridized carbons (Fsp3) is 0.0294. The predicted octanol–water partition coefficient (Wildman–Crippen LogP) is 6.95. The number of aromatic nitrogens is 1. The molecule has 0 spiro atoms. The molecule has 40 heavy (non-hydrogen) atoms. The fourth-order valence-electron chi connectivity index (χ4n) is 5.01. The number of para-hydroxylation sites is 1. The van der Waals surface area contributed by atoms with Crippen LogP contribution in [0.4, 0.5) is 5.69 Å². The Balaban J connectivity index is 1.59. The third-order valence-electron chi connectivity index (χ3n) is 6.82. The van der Waals surface area contributed by atoms with Gasteiger partial charge in [-0.3, -0.25) is 19.8 Å². The molecule has 0 saturated carbocycles. The summed E-state index contributed by atoms with van der Waals surface area (Å²) in [5, 5.41) is 2.78. The summed E-state index contributed by atoms with van der Waals surface area (Å²) in [4.78, 5) is 28.4. The van der Waals surface area contributed by atoms with Crippen LogP contribution in [0.3, 0.4) is 0 Å². The lowest BCUT2D eigenvalue weighted by Crippen LogP contribution is -2.54. The zero-order chi connectivity index (χ0) is 27.6. The number of carbonyl (C=O) groups excluding carboxylic acids is 2. The van der Waals surface area contributed by atoms with Gasteiger partial charge in [-0.1, -0.05) is 91.0 Å². The third-order valence-corrected chi connectivity index (χ3v) is 7.11. The van der Waals surface area contributed by atoms with Gasteiger partial charge in [-0.25, -0.2) is 0 Å². The molecule has 0 radical (unpaired) electrons. The molecule has 1 aliphatic rings. The van der Waals surface area contributed by atoms with Crippen LogP contribution in [0, 0.1) is 6.92 Å². The van der Waals surface area contributed by atoms with Crippen molar-refractivity contribution in [1.82, 2.24) is 9.88 Å². The number of hydrogen-bond acceptors (Lipinski definition) is 3. The highest BCUT2D eigenvalue weighted by atomic mass is 32.1.